The zero-order valence-corrected chi connectivity index (χ0v) is 14.9. The SMILES string of the molecule is O=C(COC(=O)[C@H]1CC(=O)N(Cc2ccco2)C1)N[C@@H]1CCS(=O)(=O)C1. The third-order valence-electron chi connectivity index (χ3n) is 4.42. The first kappa shape index (κ1) is 18.4. The summed E-state index contributed by atoms with van der Waals surface area (Å²) >= 11 is 0. The van der Waals surface area contributed by atoms with Crippen molar-refractivity contribution in [2.75, 3.05) is 24.7 Å². The van der Waals surface area contributed by atoms with Crippen molar-refractivity contribution < 1.29 is 32.0 Å². The number of ether oxygens (including phenoxy) is 1. The summed E-state index contributed by atoms with van der Waals surface area (Å²) in [5, 5.41) is 2.54. The van der Waals surface area contributed by atoms with Gasteiger partial charge in [0.05, 0.1) is 30.2 Å². The van der Waals surface area contributed by atoms with E-state index in [4.69, 9.17) is 9.15 Å². The number of nitrogens with zero attached hydrogens (tertiary/aromatic N) is 1. The number of likely N-dealkylation sites (tertiary alicyclic amines) is 1. The van der Waals surface area contributed by atoms with Gasteiger partial charge in [-0.05, 0) is 18.6 Å². The van der Waals surface area contributed by atoms with Gasteiger partial charge < -0.3 is 19.4 Å². The van der Waals surface area contributed by atoms with Gasteiger partial charge in [0.2, 0.25) is 5.91 Å². The second-order valence-corrected chi connectivity index (χ2v) is 8.76. The van der Waals surface area contributed by atoms with Crippen LogP contribution in [0.5, 0.6) is 0 Å². The minimum atomic E-state index is -3.09. The third kappa shape index (κ3) is 4.63. The van der Waals surface area contributed by atoms with Crippen molar-refractivity contribution in [1.82, 2.24) is 10.2 Å². The van der Waals surface area contributed by atoms with E-state index >= 15 is 0 Å². The molecule has 1 aromatic rings. The molecule has 142 valence electrons. The van der Waals surface area contributed by atoms with Crippen molar-refractivity contribution in [2.24, 2.45) is 5.92 Å². The minimum absolute atomic E-state index is 0.0298. The molecule has 2 amide bonds. The average Bonchev–Trinajstić information content (AvgIpc) is 3.28. The number of esters is 1. The van der Waals surface area contributed by atoms with Crippen molar-refractivity contribution >= 4 is 27.6 Å². The molecule has 2 fully saturated rings. The van der Waals surface area contributed by atoms with Crippen molar-refractivity contribution in [3.05, 3.63) is 24.2 Å². The van der Waals surface area contributed by atoms with E-state index in [9.17, 15) is 22.8 Å². The first-order valence-corrected chi connectivity index (χ1v) is 10.1. The Morgan fingerprint density at radius 1 is 1.38 bits per heavy atom. The van der Waals surface area contributed by atoms with E-state index in [1.165, 1.54) is 11.2 Å². The fourth-order valence-electron chi connectivity index (χ4n) is 3.11. The van der Waals surface area contributed by atoms with E-state index in [0.29, 0.717) is 12.2 Å². The topological polar surface area (TPSA) is 123 Å². The van der Waals surface area contributed by atoms with Gasteiger partial charge in [-0.25, -0.2) is 8.42 Å². The predicted molar refractivity (Wildman–Crippen MR) is 88.4 cm³/mol. The Labute approximate surface area is 150 Å². The number of hydrogen-bond acceptors (Lipinski definition) is 7. The zero-order valence-electron chi connectivity index (χ0n) is 14.0. The molecule has 0 bridgehead atoms. The molecule has 0 aliphatic carbocycles. The Kier molecular flexibility index (Phi) is 5.30. The average molecular weight is 384 g/mol. The molecule has 2 aliphatic heterocycles. The lowest BCUT2D eigenvalue weighted by Crippen LogP contribution is -2.38. The van der Waals surface area contributed by atoms with Crippen LogP contribution in [-0.4, -0.2) is 61.8 Å². The molecule has 26 heavy (non-hydrogen) atoms. The fraction of sp³-hybridized carbons (Fsp3) is 0.562. The molecule has 3 rings (SSSR count). The molecular weight excluding hydrogens is 364 g/mol. The molecule has 10 heteroatoms. The van der Waals surface area contributed by atoms with Gasteiger partial charge >= 0.3 is 5.97 Å². The smallest absolute Gasteiger partial charge is 0.311 e. The quantitative estimate of drug-likeness (QED) is 0.654. The number of carbonyl (C=O) groups excluding carboxylic acids is 3. The first-order valence-electron chi connectivity index (χ1n) is 8.29. The summed E-state index contributed by atoms with van der Waals surface area (Å²) in [4.78, 5) is 37.4. The highest BCUT2D eigenvalue weighted by Crippen LogP contribution is 2.21. The number of rotatable bonds is 6. The van der Waals surface area contributed by atoms with Crippen LogP contribution in [0.3, 0.4) is 0 Å². The summed E-state index contributed by atoms with van der Waals surface area (Å²) in [6.07, 6.45) is 1.90. The maximum atomic E-state index is 12.1. The molecule has 0 radical (unpaired) electrons. The van der Waals surface area contributed by atoms with Crippen molar-refractivity contribution in [3.63, 3.8) is 0 Å². The monoisotopic (exact) mass is 384 g/mol. The number of nitrogens with one attached hydrogen (secondary N) is 1. The summed E-state index contributed by atoms with van der Waals surface area (Å²) in [6, 6.07) is 3.02. The molecule has 2 atom stereocenters. The lowest BCUT2D eigenvalue weighted by Gasteiger charge is -2.15. The van der Waals surface area contributed by atoms with Gasteiger partial charge in [-0.1, -0.05) is 0 Å². The summed E-state index contributed by atoms with van der Waals surface area (Å²) in [5.74, 6) is -1.38. The normalized spacial score (nSPS) is 24.6. The number of hydrogen-bond donors (Lipinski definition) is 1. The zero-order chi connectivity index (χ0) is 18.7. The third-order valence-corrected chi connectivity index (χ3v) is 6.19. The van der Waals surface area contributed by atoms with Crippen molar-refractivity contribution in [1.29, 1.82) is 0 Å². The van der Waals surface area contributed by atoms with Gasteiger partial charge in [-0.15, -0.1) is 0 Å². The van der Waals surface area contributed by atoms with Gasteiger partial charge in [0.25, 0.3) is 5.91 Å². The van der Waals surface area contributed by atoms with E-state index in [1.807, 2.05) is 0 Å². The summed E-state index contributed by atoms with van der Waals surface area (Å²) < 4.78 is 32.9. The summed E-state index contributed by atoms with van der Waals surface area (Å²) in [5.41, 5.74) is 0. The van der Waals surface area contributed by atoms with Crippen LogP contribution in [0, 0.1) is 5.92 Å². The van der Waals surface area contributed by atoms with Crippen LogP contribution in [0.15, 0.2) is 22.8 Å². The molecule has 0 aromatic carbocycles. The Hall–Kier alpha value is -2.36. The molecule has 0 saturated carbocycles. The van der Waals surface area contributed by atoms with Gasteiger partial charge in [0.15, 0.2) is 16.4 Å². The highest BCUT2D eigenvalue weighted by atomic mass is 32.2. The van der Waals surface area contributed by atoms with Gasteiger partial charge in [0, 0.05) is 19.0 Å². The molecule has 3 heterocycles. The van der Waals surface area contributed by atoms with E-state index in [1.54, 1.807) is 12.1 Å². The van der Waals surface area contributed by atoms with Crippen LogP contribution in [0.1, 0.15) is 18.6 Å². The number of carbonyl (C=O) groups is 3. The Morgan fingerprint density at radius 3 is 2.85 bits per heavy atom. The lowest BCUT2D eigenvalue weighted by atomic mass is 10.1. The predicted octanol–water partition coefficient (Wildman–Crippen LogP) is -0.525. The van der Waals surface area contributed by atoms with Crippen LogP contribution in [0.2, 0.25) is 0 Å². The van der Waals surface area contributed by atoms with Crippen molar-refractivity contribution in [3.8, 4) is 0 Å². The number of amides is 2. The van der Waals surface area contributed by atoms with Gasteiger partial charge in [-0.3, -0.25) is 14.4 Å². The molecule has 9 nitrogen and oxygen atoms in total. The fourth-order valence-corrected chi connectivity index (χ4v) is 4.78. The minimum Gasteiger partial charge on any atom is -0.467 e. The van der Waals surface area contributed by atoms with E-state index in [0.717, 1.165) is 0 Å². The van der Waals surface area contributed by atoms with Gasteiger partial charge in [-0.2, -0.15) is 0 Å². The maximum absolute atomic E-state index is 12.1. The Balaban J connectivity index is 1.42. The second kappa shape index (κ2) is 7.48. The highest BCUT2D eigenvalue weighted by Gasteiger charge is 2.36. The standard InChI is InChI=1S/C16H20N2O7S/c19-14(17-12-3-5-26(22,23)10-12)9-25-16(21)11-6-15(20)18(7-11)8-13-2-1-4-24-13/h1-2,4,11-12H,3,5-10H2,(H,17,19)/t11-,12+/m0/s1. The molecule has 0 unspecified atom stereocenters. The molecule has 2 aliphatic rings. The van der Waals surface area contributed by atoms with Crippen LogP contribution >= 0.6 is 0 Å². The maximum Gasteiger partial charge on any atom is 0.311 e. The molecule has 1 N–H and O–H groups in total. The summed E-state index contributed by atoms with van der Waals surface area (Å²) in [7, 11) is -3.09. The highest BCUT2D eigenvalue weighted by molar-refractivity contribution is 7.91. The first-order chi connectivity index (χ1) is 12.3. The molecule has 2 saturated heterocycles. The van der Waals surface area contributed by atoms with Crippen LogP contribution in [0.25, 0.3) is 0 Å². The van der Waals surface area contributed by atoms with Crippen molar-refractivity contribution in [2.45, 2.75) is 25.4 Å². The molecule has 0 spiro atoms. The number of furan rings is 1. The van der Waals surface area contributed by atoms with Gasteiger partial charge in [0.1, 0.15) is 5.76 Å². The Bertz CT molecular complexity index is 788. The van der Waals surface area contributed by atoms with E-state index in [2.05, 4.69) is 5.32 Å². The largest absolute Gasteiger partial charge is 0.467 e. The molecule has 1 aromatic heterocycles. The lowest BCUT2D eigenvalue weighted by molar-refractivity contribution is -0.152. The van der Waals surface area contributed by atoms with Crippen LogP contribution in [0.4, 0.5) is 0 Å². The van der Waals surface area contributed by atoms with E-state index in [-0.39, 0.29) is 36.9 Å². The van der Waals surface area contributed by atoms with E-state index < -0.39 is 40.3 Å². The summed E-state index contributed by atoms with van der Waals surface area (Å²) in [6.45, 7) is 0.00532. The molecular formula is C16H20N2O7S. The Morgan fingerprint density at radius 2 is 2.19 bits per heavy atom. The number of sulfone groups is 1. The second-order valence-electron chi connectivity index (χ2n) is 6.53. The van der Waals surface area contributed by atoms with Crippen LogP contribution in [-0.2, 0) is 35.5 Å². The van der Waals surface area contributed by atoms with Crippen LogP contribution < -0.4 is 5.32 Å².